The molecule has 120 valence electrons. The Hall–Kier alpha value is -1.73. The van der Waals surface area contributed by atoms with E-state index >= 15 is 0 Å². The van der Waals surface area contributed by atoms with Crippen LogP contribution in [0.5, 0.6) is 0 Å². The van der Waals surface area contributed by atoms with Crippen molar-refractivity contribution in [1.29, 1.82) is 0 Å². The Morgan fingerprint density at radius 2 is 2.09 bits per heavy atom. The molecule has 0 unspecified atom stereocenters. The van der Waals surface area contributed by atoms with Gasteiger partial charge in [0.25, 0.3) is 0 Å². The molecule has 1 aliphatic carbocycles. The van der Waals surface area contributed by atoms with E-state index in [1.54, 1.807) is 17.2 Å². The Bertz CT molecular complexity index is 632. The van der Waals surface area contributed by atoms with Crippen LogP contribution >= 0.6 is 0 Å². The van der Waals surface area contributed by atoms with Crippen LogP contribution < -0.4 is 5.32 Å². The van der Waals surface area contributed by atoms with Crippen molar-refractivity contribution in [3.63, 3.8) is 0 Å². The molecular formula is C15H24N6O. The lowest BCUT2D eigenvalue weighted by Gasteiger charge is -2.36. The van der Waals surface area contributed by atoms with E-state index < -0.39 is 0 Å². The van der Waals surface area contributed by atoms with Crippen LogP contribution in [0.4, 0.5) is 5.82 Å². The highest BCUT2D eigenvalue weighted by Gasteiger charge is 2.35. The Morgan fingerprint density at radius 1 is 1.32 bits per heavy atom. The number of aliphatic hydroxyl groups is 1. The largest absolute Gasteiger partial charge is 0.394 e. The molecule has 0 amide bonds. The van der Waals surface area contributed by atoms with E-state index in [2.05, 4.69) is 39.4 Å². The molecule has 0 saturated heterocycles. The van der Waals surface area contributed by atoms with Gasteiger partial charge >= 0.3 is 0 Å². The van der Waals surface area contributed by atoms with Crippen LogP contribution in [0.25, 0.3) is 11.0 Å². The molecule has 0 atom stereocenters. The lowest BCUT2D eigenvalue weighted by molar-refractivity contribution is 0.172. The molecule has 0 radical (unpaired) electrons. The van der Waals surface area contributed by atoms with Gasteiger partial charge < -0.3 is 15.3 Å². The Kier molecular flexibility index (Phi) is 4.26. The van der Waals surface area contributed by atoms with Crippen molar-refractivity contribution in [2.24, 2.45) is 0 Å². The molecule has 0 aliphatic heterocycles. The molecule has 0 aromatic carbocycles. The third kappa shape index (κ3) is 2.66. The van der Waals surface area contributed by atoms with Gasteiger partial charge in [0, 0.05) is 12.1 Å². The molecule has 7 heteroatoms. The maximum atomic E-state index is 9.08. The van der Waals surface area contributed by atoms with E-state index in [9.17, 15) is 0 Å². The number of hydrogen-bond donors (Lipinski definition) is 2. The molecule has 1 aliphatic rings. The van der Waals surface area contributed by atoms with Crippen LogP contribution in [-0.2, 0) is 6.54 Å². The minimum absolute atomic E-state index is 0.0489. The van der Waals surface area contributed by atoms with E-state index in [1.165, 1.54) is 25.7 Å². The van der Waals surface area contributed by atoms with Crippen molar-refractivity contribution in [2.45, 2.75) is 37.8 Å². The quantitative estimate of drug-likeness (QED) is 0.832. The second-order valence-electron chi connectivity index (χ2n) is 6.23. The summed E-state index contributed by atoms with van der Waals surface area (Å²) in [4.78, 5) is 11.0. The average molecular weight is 304 g/mol. The molecule has 0 spiro atoms. The molecular weight excluding hydrogens is 280 g/mol. The first-order chi connectivity index (χ1) is 10.7. The topological polar surface area (TPSA) is 79.1 Å². The van der Waals surface area contributed by atoms with Gasteiger partial charge in [-0.3, -0.25) is 0 Å². The molecule has 22 heavy (non-hydrogen) atoms. The molecule has 7 nitrogen and oxygen atoms in total. The molecule has 2 heterocycles. The summed E-state index contributed by atoms with van der Waals surface area (Å²) in [6.45, 7) is 1.37. The van der Waals surface area contributed by atoms with E-state index in [4.69, 9.17) is 5.11 Å². The first kappa shape index (κ1) is 15.2. The highest BCUT2D eigenvalue weighted by atomic mass is 16.3. The zero-order valence-corrected chi connectivity index (χ0v) is 13.3. The maximum Gasteiger partial charge on any atom is 0.163 e. The maximum absolute atomic E-state index is 9.08. The summed E-state index contributed by atoms with van der Waals surface area (Å²) in [6.07, 6.45) is 8.32. The van der Waals surface area contributed by atoms with Gasteiger partial charge in [-0.1, -0.05) is 12.8 Å². The van der Waals surface area contributed by atoms with Crippen LogP contribution in [0, 0.1) is 0 Å². The van der Waals surface area contributed by atoms with Crippen LogP contribution in [0.3, 0.4) is 0 Å². The van der Waals surface area contributed by atoms with E-state index in [0.29, 0.717) is 6.54 Å². The summed E-state index contributed by atoms with van der Waals surface area (Å²) in [5.74, 6) is 0.822. The smallest absolute Gasteiger partial charge is 0.163 e. The van der Waals surface area contributed by atoms with Gasteiger partial charge in [-0.25, -0.2) is 14.6 Å². The van der Waals surface area contributed by atoms with Crippen LogP contribution in [0.1, 0.15) is 25.7 Å². The first-order valence-corrected chi connectivity index (χ1v) is 7.85. The van der Waals surface area contributed by atoms with Crippen molar-refractivity contribution in [2.75, 3.05) is 32.6 Å². The molecule has 2 N–H and O–H groups in total. The number of anilines is 1. The van der Waals surface area contributed by atoms with Gasteiger partial charge in [-0.2, -0.15) is 5.10 Å². The van der Waals surface area contributed by atoms with Gasteiger partial charge in [0.05, 0.1) is 24.7 Å². The van der Waals surface area contributed by atoms with Gasteiger partial charge in [0.1, 0.15) is 12.1 Å². The number of aromatic nitrogens is 4. The van der Waals surface area contributed by atoms with Gasteiger partial charge in [-0.15, -0.1) is 0 Å². The number of rotatable bonds is 6. The highest BCUT2D eigenvalue weighted by Crippen LogP contribution is 2.34. The molecule has 2 aromatic rings. The summed E-state index contributed by atoms with van der Waals surface area (Å²) in [6, 6.07) is 0. The number of hydrogen-bond acceptors (Lipinski definition) is 6. The third-order valence-corrected chi connectivity index (χ3v) is 4.81. The Labute approximate surface area is 130 Å². The van der Waals surface area contributed by atoms with Crippen LogP contribution in [0.2, 0.25) is 0 Å². The van der Waals surface area contributed by atoms with Crippen molar-refractivity contribution in [3.05, 3.63) is 12.5 Å². The second-order valence-corrected chi connectivity index (χ2v) is 6.23. The van der Waals surface area contributed by atoms with Gasteiger partial charge in [0.15, 0.2) is 5.65 Å². The molecule has 3 rings (SSSR count). The molecule has 1 fully saturated rings. The van der Waals surface area contributed by atoms with Gasteiger partial charge in [-0.05, 0) is 26.9 Å². The minimum atomic E-state index is 0.0489. The van der Waals surface area contributed by atoms with E-state index in [-0.39, 0.29) is 12.1 Å². The summed E-state index contributed by atoms with van der Waals surface area (Å²) >= 11 is 0. The Balaban J connectivity index is 1.82. The zero-order valence-electron chi connectivity index (χ0n) is 13.3. The number of fused-ring (bicyclic) bond motifs is 1. The van der Waals surface area contributed by atoms with Crippen LogP contribution in [0.15, 0.2) is 12.5 Å². The summed E-state index contributed by atoms with van der Waals surface area (Å²) in [5, 5.41) is 17.8. The predicted octanol–water partition coefficient (Wildman–Crippen LogP) is 1.10. The summed E-state index contributed by atoms with van der Waals surface area (Å²) in [5.41, 5.74) is 0.968. The van der Waals surface area contributed by atoms with Crippen molar-refractivity contribution >= 4 is 16.9 Å². The number of aliphatic hydroxyl groups excluding tert-OH is 1. The standard InChI is InChI=1S/C15H24N6O/c1-20(2)15(5-3-4-6-15)10-16-13-12-9-19-21(7-8-22)14(12)18-11-17-13/h9,11,22H,3-8,10H2,1-2H3,(H,16,17,18). The fraction of sp³-hybridized carbons (Fsp3) is 0.667. The lowest BCUT2D eigenvalue weighted by Crippen LogP contribution is -2.47. The fourth-order valence-electron chi connectivity index (χ4n) is 3.36. The minimum Gasteiger partial charge on any atom is -0.394 e. The molecule has 0 bridgehead atoms. The average Bonchev–Trinajstić information content (AvgIpc) is 3.14. The monoisotopic (exact) mass is 304 g/mol. The van der Waals surface area contributed by atoms with Crippen molar-refractivity contribution in [3.8, 4) is 0 Å². The third-order valence-electron chi connectivity index (χ3n) is 4.81. The normalized spacial score (nSPS) is 17.5. The first-order valence-electron chi connectivity index (χ1n) is 7.85. The number of nitrogens with zero attached hydrogens (tertiary/aromatic N) is 5. The fourth-order valence-corrected chi connectivity index (χ4v) is 3.36. The Morgan fingerprint density at radius 3 is 2.77 bits per heavy atom. The second kappa shape index (κ2) is 6.18. The van der Waals surface area contributed by atoms with E-state index in [1.807, 2.05) is 0 Å². The summed E-state index contributed by atoms with van der Waals surface area (Å²) < 4.78 is 1.71. The predicted molar refractivity (Wildman–Crippen MR) is 85.8 cm³/mol. The van der Waals surface area contributed by atoms with E-state index in [0.717, 1.165) is 23.4 Å². The SMILES string of the molecule is CN(C)C1(CNc2ncnc3c2cnn3CCO)CCCC1. The lowest BCUT2D eigenvalue weighted by atomic mass is 9.96. The highest BCUT2D eigenvalue weighted by molar-refractivity contribution is 5.86. The number of nitrogens with one attached hydrogen (secondary N) is 1. The van der Waals surface area contributed by atoms with Gasteiger partial charge in [0.2, 0.25) is 0 Å². The number of likely N-dealkylation sites (N-methyl/N-ethyl adjacent to an activating group) is 1. The zero-order chi connectivity index (χ0) is 15.6. The van der Waals surface area contributed by atoms with Crippen molar-refractivity contribution < 1.29 is 5.11 Å². The van der Waals surface area contributed by atoms with Crippen LogP contribution in [-0.4, -0.2) is 62.5 Å². The molecule has 1 saturated carbocycles. The molecule has 2 aromatic heterocycles. The summed E-state index contributed by atoms with van der Waals surface area (Å²) in [7, 11) is 4.31. The van der Waals surface area contributed by atoms with Crippen molar-refractivity contribution in [1.82, 2.24) is 24.6 Å².